The summed E-state index contributed by atoms with van der Waals surface area (Å²) in [5.74, 6) is -0.618. The zero-order valence-electron chi connectivity index (χ0n) is 22.4. The number of hydrogen-bond donors (Lipinski definition) is 1. The Hall–Kier alpha value is -4.76. The number of carbonyl (C=O) groups is 2. The minimum atomic E-state index is -1.15. The van der Waals surface area contributed by atoms with Crippen molar-refractivity contribution in [3.05, 3.63) is 99.8 Å². The number of aryl methyl sites for hydroxylation is 1. The number of rotatable bonds is 7. The van der Waals surface area contributed by atoms with Crippen molar-refractivity contribution in [1.29, 1.82) is 0 Å². The molecule has 8 nitrogen and oxygen atoms in total. The van der Waals surface area contributed by atoms with Crippen LogP contribution in [0.5, 0.6) is 5.75 Å². The fraction of sp³-hybridized carbons (Fsp3) is 0.161. The number of anilines is 1. The topological polar surface area (TPSA) is 99.5 Å². The van der Waals surface area contributed by atoms with E-state index in [2.05, 4.69) is 10.3 Å². The van der Waals surface area contributed by atoms with E-state index in [1.165, 1.54) is 29.9 Å². The van der Waals surface area contributed by atoms with E-state index >= 15 is 0 Å². The molecule has 0 aliphatic heterocycles. The zero-order chi connectivity index (χ0) is 28.4. The van der Waals surface area contributed by atoms with Crippen molar-refractivity contribution in [2.75, 3.05) is 12.4 Å². The molecule has 0 spiro atoms. The highest BCUT2D eigenvalue weighted by Crippen LogP contribution is 2.32. The van der Waals surface area contributed by atoms with Crippen LogP contribution >= 0.6 is 11.3 Å². The predicted molar refractivity (Wildman–Crippen MR) is 157 cm³/mol. The van der Waals surface area contributed by atoms with Gasteiger partial charge in [-0.05, 0) is 43.0 Å². The normalized spacial score (nSPS) is 11.7. The molecule has 1 N–H and O–H groups in total. The molecule has 2 aromatic heterocycles. The van der Waals surface area contributed by atoms with E-state index in [9.17, 15) is 14.4 Å². The third-order valence-electron chi connectivity index (χ3n) is 6.59. The lowest BCUT2D eigenvalue weighted by atomic mass is 9.96. The first-order chi connectivity index (χ1) is 19.3. The first-order valence-corrected chi connectivity index (χ1v) is 13.5. The number of aromatic nitrogens is 2. The molecule has 40 heavy (non-hydrogen) atoms. The Kier molecular flexibility index (Phi) is 7.48. The van der Waals surface area contributed by atoms with Gasteiger partial charge in [0.25, 0.3) is 11.5 Å². The number of fused-ring (bicyclic) bond motifs is 1. The fourth-order valence-electron chi connectivity index (χ4n) is 4.44. The Labute approximate surface area is 234 Å². The van der Waals surface area contributed by atoms with Crippen molar-refractivity contribution in [1.82, 2.24) is 9.55 Å². The van der Waals surface area contributed by atoms with Crippen LogP contribution < -0.4 is 15.6 Å². The van der Waals surface area contributed by atoms with Gasteiger partial charge in [0.1, 0.15) is 11.4 Å². The molecule has 5 aromatic rings. The zero-order valence-corrected chi connectivity index (χ0v) is 23.2. The minimum Gasteiger partial charge on any atom is -0.497 e. The SMILES string of the molecule is COc1cccc(-c2csc(NC(=O)C(C)OC(=O)c3c(-c4ccc(C)cc4)c4ccccc4c(=O)n3C)n2)c1. The second-order valence-electron chi connectivity index (χ2n) is 9.31. The van der Waals surface area contributed by atoms with E-state index in [1.54, 1.807) is 25.3 Å². The lowest BCUT2D eigenvalue weighted by Gasteiger charge is -2.19. The molecule has 1 amide bonds. The number of esters is 1. The van der Waals surface area contributed by atoms with Crippen molar-refractivity contribution in [2.45, 2.75) is 20.0 Å². The molecule has 0 aliphatic carbocycles. The third kappa shape index (κ3) is 5.23. The van der Waals surface area contributed by atoms with Crippen molar-refractivity contribution in [3.8, 4) is 28.1 Å². The number of carbonyl (C=O) groups excluding carboxylic acids is 2. The second-order valence-corrected chi connectivity index (χ2v) is 10.2. The summed E-state index contributed by atoms with van der Waals surface area (Å²) in [4.78, 5) is 44.2. The van der Waals surface area contributed by atoms with Gasteiger partial charge in [-0.25, -0.2) is 9.78 Å². The number of nitrogens with one attached hydrogen (secondary N) is 1. The summed E-state index contributed by atoms with van der Waals surface area (Å²) in [6.45, 7) is 3.45. The molecule has 2 heterocycles. The monoisotopic (exact) mass is 553 g/mol. The molecular weight excluding hydrogens is 526 g/mol. The van der Waals surface area contributed by atoms with Gasteiger partial charge in [-0.2, -0.15) is 0 Å². The number of hydrogen-bond acceptors (Lipinski definition) is 7. The van der Waals surface area contributed by atoms with Gasteiger partial charge in [-0.15, -0.1) is 11.3 Å². The summed E-state index contributed by atoms with van der Waals surface area (Å²) < 4.78 is 12.2. The maximum atomic E-state index is 13.6. The van der Waals surface area contributed by atoms with Gasteiger partial charge in [0.2, 0.25) is 0 Å². The van der Waals surface area contributed by atoms with E-state index in [0.717, 1.165) is 16.7 Å². The molecule has 0 aliphatic rings. The highest BCUT2D eigenvalue weighted by Gasteiger charge is 2.27. The van der Waals surface area contributed by atoms with Gasteiger partial charge in [0.15, 0.2) is 11.2 Å². The van der Waals surface area contributed by atoms with Gasteiger partial charge < -0.3 is 14.0 Å². The Morgan fingerprint density at radius 3 is 2.42 bits per heavy atom. The largest absolute Gasteiger partial charge is 0.497 e. The number of thiazole rings is 1. The number of amides is 1. The summed E-state index contributed by atoms with van der Waals surface area (Å²) in [5, 5.41) is 6.02. The minimum absolute atomic E-state index is 0.0711. The molecular formula is C31H27N3O5S. The van der Waals surface area contributed by atoms with Crippen molar-refractivity contribution >= 4 is 39.1 Å². The maximum Gasteiger partial charge on any atom is 0.356 e. The standard InChI is InChI=1S/C31H27N3O5S/c1-18-12-14-20(15-13-18)26-23-10-5-6-11-24(23)29(36)34(3)27(26)30(37)39-19(2)28(35)33-31-32-25(17-40-31)21-8-7-9-22(16-21)38-4/h5-17,19H,1-4H3,(H,32,33,35). The molecule has 0 bridgehead atoms. The van der Waals surface area contributed by atoms with Crippen molar-refractivity contribution < 1.29 is 19.1 Å². The summed E-state index contributed by atoms with van der Waals surface area (Å²) in [7, 11) is 3.12. The molecule has 0 saturated heterocycles. The average molecular weight is 554 g/mol. The molecule has 202 valence electrons. The summed E-state index contributed by atoms with van der Waals surface area (Å²) in [6.07, 6.45) is -1.15. The number of pyridine rings is 1. The number of benzene rings is 3. The molecule has 0 saturated carbocycles. The van der Waals surface area contributed by atoms with Crippen LogP contribution in [0.25, 0.3) is 33.2 Å². The van der Waals surface area contributed by atoms with Crippen LogP contribution in [0.1, 0.15) is 23.0 Å². The molecule has 9 heteroatoms. The van der Waals surface area contributed by atoms with Crippen LogP contribution in [0.15, 0.2) is 83.0 Å². The third-order valence-corrected chi connectivity index (χ3v) is 7.35. The lowest BCUT2D eigenvalue weighted by Crippen LogP contribution is -2.32. The summed E-state index contributed by atoms with van der Waals surface area (Å²) in [5.41, 5.74) is 3.65. The maximum absolute atomic E-state index is 13.6. The van der Waals surface area contributed by atoms with E-state index in [4.69, 9.17) is 9.47 Å². The Morgan fingerprint density at radius 2 is 1.70 bits per heavy atom. The van der Waals surface area contributed by atoms with Gasteiger partial charge in [0.05, 0.1) is 12.8 Å². The van der Waals surface area contributed by atoms with Crippen LogP contribution in [-0.4, -0.2) is 34.6 Å². The summed E-state index contributed by atoms with van der Waals surface area (Å²) in [6, 6.07) is 22.3. The molecule has 1 atom stereocenters. The van der Waals surface area contributed by atoms with Crippen LogP contribution in [0.3, 0.4) is 0 Å². The first kappa shape index (κ1) is 26.8. The van der Waals surface area contributed by atoms with Gasteiger partial charge >= 0.3 is 5.97 Å². The van der Waals surface area contributed by atoms with Crippen LogP contribution in [0.4, 0.5) is 5.13 Å². The van der Waals surface area contributed by atoms with Crippen molar-refractivity contribution in [2.24, 2.45) is 7.05 Å². The first-order valence-electron chi connectivity index (χ1n) is 12.6. The molecule has 0 fully saturated rings. The molecule has 3 aromatic carbocycles. The van der Waals surface area contributed by atoms with Gasteiger partial charge in [0, 0.05) is 28.9 Å². The van der Waals surface area contributed by atoms with Crippen LogP contribution in [0, 0.1) is 6.92 Å². The highest BCUT2D eigenvalue weighted by atomic mass is 32.1. The quantitative estimate of drug-likeness (QED) is 0.255. The van der Waals surface area contributed by atoms with E-state index in [0.29, 0.717) is 32.9 Å². The predicted octanol–water partition coefficient (Wildman–Crippen LogP) is 5.83. The lowest BCUT2D eigenvalue weighted by molar-refractivity contribution is -0.123. The number of nitrogens with zero attached hydrogens (tertiary/aromatic N) is 2. The Bertz CT molecular complexity index is 1790. The molecule has 0 radical (unpaired) electrons. The number of methoxy groups -OCH3 is 1. The van der Waals surface area contributed by atoms with E-state index in [1.807, 2.05) is 66.9 Å². The van der Waals surface area contributed by atoms with Crippen molar-refractivity contribution in [3.63, 3.8) is 0 Å². The van der Waals surface area contributed by atoms with Crippen LogP contribution in [-0.2, 0) is 16.6 Å². The van der Waals surface area contributed by atoms with Gasteiger partial charge in [-0.3, -0.25) is 14.9 Å². The Morgan fingerprint density at radius 1 is 0.975 bits per heavy atom. The summed E-state index contributed by atoms with van der Waals surface area (Å²) >= 11 is 1.26. The highest BCUT2D eigenvalue weighted by molar-refractivity contribution is 7.14. The van der Waals surface area contributed by atoms with E-state index < -0.39 is 18.0 Å². The van der Waals surface area contributed by atoms with E-state index in [-0.39, 0.29) is 11.3 Å². The molecule has 5 rings (SSSR count). The van der Waals surface area contributed by atoms with Crippen LogP contribution in [0.2, 0.25) is 0 Å². The smallest absolute Gasteiger partial charge is 0.356 e. The Balaban J connectivity index is 1.41. The molecule has 1 unspecified atom stereocenters. The fourth-order valence-corrected chi connectivity index (χ4v) is 5.16. The second kappa shape index (κ2) is 11.2. The average Bonchev–Trinajstić information content (AvgIpc) is 3.43. The number of ether oxygens (including phenoxy) is 2. The van der Waals surface area contributed by atoms with Gasteiger partial charge in [-0.1, -0.05) is 60.2 Å².